The highest BCUT2D eigenvalue weighted by atomic mass is 28.3. The maximum absolute atomic E-state index is 5.57. The Morgan fingerprint density at radius 2 is 0.743 bits per heavy atom. The van der Waals surface area contributed by atoms with Gasteiger partial charge in [-0.2, -0.15) is 0 Å². The van der Waals surface area contributed by atoms with Gasteiger partial charge in [-0.1, -0.05) is 200 Å². The van der Waals surface area contributed by atoms with Crippen molar-refractivity contribution in [2.24, 2.45) is 0 Å². The summed E-state index contributed by atoms with van der Waals surface area (Å²) in [5.74, 6) is 0.627. The van der Waals surface area contributed by atoms with Crippen LogP contribution in [0.15, 0.2) is 249 Å². The fourth-order valence-corrected chi connectivity index (χ4v) is 17.2. The van der Waals surface area contributed by atoms with E-state index in [9.17, 15) is 0 Å². The van der Waals surface area contributed by atoms with Crippen molar-refractivity contribution in [3.63, 3.8) is 0 Å². The predicted octanol–water partition coefficient (Wildman–Crippen LogP) is 12.8. The molecule has 0 bridgehead atoms. The van der Waals surface area contributed by atoms with Gasteiger partial charge in [-0.25, -0.2) is 9.97 Å². The van der Waals surface area contributed by atoms with Gasteiger partial charge in [0.2, 0.25) is 5.95 Å². The number of fused-ring (bicyclic) bond motifs is 11. The first-order valence-corrected chi connectivity index (χ1v) is 26.0. The molecule has 0 spiro atoms. The fourth-order valence-electron chi connectivity index (χ4n) is 12.1. The van der Waals surface area contributed by atoms with Crippen molar-refractivity contribution < 1.29 is 0 Å². The molecule has 6 heteroatoms. The molecule has 5 nitrogen and oxygen atoms in total. The summed E-state index contributed by atoms with van der Waals surface area (Å²) in [4.78, 5) is 11.1. The lowest BCUT2D eigenvalue weighted by atomic mass is 10.1. The molecular weight excluding hydrogens is 867 g/mol. The van der Waals surface area contributed by atoms with Crippen LogP contribution in [-0.2, 0) is 0 Å². The minimum Gasteiger partial charge on any atom is -0.309 e. The van der Waals surface area contributed by atoms with Crippen LogP contribution in [0.25, 0.3) is 105 Å². The standard InChI is InChI=1S/C64H41N5Si/c1-2-19-43(20-3-1)70(61-35-17-16-34-60(61)68-56-30-12-8-25-49(56)50-27-18-36-62(70)63(50)68)44-39-37-42(38-40-44)52-41-53(66-64(65-52)69-57-31-13-6-23-47(57)48-24-7-14-32-58(48)69)51-26-9-15-33-59(51)67-54-28-10-4-21-45(54)46-22-5-11-29-55(46)67/h1-41H. The molecule has 0 radical (unpaired) electrons. The molecule has 1 aliphatic rings. The number of rotatable bonds is 6. The van der Waals surface area contributed by atoms with Crippen molar-refractivity contribution >= 4 is 94.2 Å². The fraction of sp³-hybridized carbons (Fsp3) is 0. The van der Waals surface area contributed by atoms with Gasteiger partial charge >= 0.3 is 0 Å². The summed E-state index contributed by atoms with van der Waals surface area (Å²) >= 11 is 0. The molecule has 10 aromatic carbocycles. The molecule has 0 saturated carbocycles. The average molecular weight is 908 g/mol. The second-order valence-electron chi connectivity index (χ2n) is 18.5. The van der Waals surface area contributed by atoms with Gasteiger partial charge in [-0.3, -0.25) is 4.57 Å². The first kappa shape index (κ1) is 38.9. The second kappa shape index (κ2) is 14.9. The Hall–Kier alpha value is -9.10. The molecular formula is C64H41N5Si. The lowest BCUT2D eigenvalue weighted by Gasteiger charge is -2.39. The third kappa shape index (κ3) is 5.36. The van der Waals surface area contributed by atoms with E-state index in [1.54, 1.807) is 0 Å². The van der Waals surface area contributed by atoms with Crippen molar-refractivity contribution in [1.82, 2.24) is 23.7 Å². The number of para-hydroxylation sites is 8. The molecule has 4 aromatic heterocycles. The van der Waals surface area contributed by atoms with Crippen molar-refractivity contribution in [3.05, 3.63) is 249 Å². The van der Waals surface area contributed by atoms with E-state index >= 15 is 0 Å². The SMILES string of the molecule is c1ccc([Si]2(c3ccc(-c4cc(-c5ccccc5-n5c6ccccc6c6ccccc65)nc(-n5c6ccccc6c6ccccc65)n4)cc3)c3ccccc3-n3c4ccccc4c4cccc2c43)cc1. The van der Waals surface area contributed by atoms with Crippen LogP contribution in [0.1, 0.15) is 0 Å². The Morgan fingerprint density at radius 3 is 1.37 bits per heavy atom. The number of hydrogen-bond donors (Lipinski definition) is 0. The predicted molar refractivity (Wildman–Crippen MR) is 293 cm³/mol. The van der Waals surface area contributed by atoms with Crippen molar-refractivity contribution in [1.29, 1.82) is 0 Å². The highest BCUT2D eigenvalue weighted by Crippen LogP contribution is 2.39. The summed E-state index contributed by atoms with van der Waals surface area (Å²) < 4.78 is 7.16. The number of benzene rings is 10. The van der Waals surface area contributed by atoms with Gasteiger partial charge in [0, 0.05) is 49.1 Å². The molecule has 1 aliphatic heterocycles. The molecule has 0 aliphatic carbocycles. The molecule has 0 saturated heterocycles. The van der Waals surface area contributed by atoms with Crippen LogP contribution in [0.3, 0.4) is 0 Å². The largest absolute Gasteiger partial charge is 0.309 e. The Balaban J connectivity index is 0.983. The quantitative estimate of drug-likeness (QED) is 0.156. The van der Waals surface area contributed by atoms with E-state index in [1.807, 2.05) is 0 Å². The summed E-state index contributed by atoms with van der Waals surface area (Å²) in [5, 5.41) is 12.8. The van der Waals surface area contributed by atoms with E-state index in [1.165, 1.54) is 69.8 Å². The minimum absolute atomic E-state index is 0.627. The van der Waals surface area contributed by atoms with Crippen molar-refractivity contribution in [2.45, 2.75) is 0 Å². The smallest absolute Gasteiger partial charge is 0.235 e. The topological polar surface area (TPSA) is 40.6 Å². The second-order valence-corrected chi connectivity index (χ2v) is 22.2. The molecule has 5 heterocycles. The highest BCUT2D eigenvalue weighted by molar-refractivity contribution is 7.21. The van der Waals surface area contributed by atoms with E-state index in [0.717, 1.165) is 50.3 Å². The summed E-state index contributed by atoms with van der Waals surface area (Å²) in [6.07, 6.45) is 0. The monoisotopic (exact) mass is 907 g/mol. The van der Waals surface area contributed by atoms with Crippen molar-refractivity contribution in [2.75, 3.05) is 0 Å². The maximum Gasteiger partial charge on any atom is 0.235 e. The van der Waals surface area contributed by atoms with E-state index in [4.69, 9.17) is 9.97 Å². The first-order valence-electron chi connectivity index (χ1n) is 24.0. The summed E-state index contributed by atoms with van der Waals surface area (Å²) in [6.45, 7) is 0. The third-order valence-corrected chi connectivity index (χ3v) is 19.8. The van der Waals surface area contributed by atoms with Gasteiger partial charge in [0.05, 0.1) is 50.2 Å². The molecule has 1 unspecified atom stereocenters. The molecule has 0 N–H and O–H groups in total. The van der Waals surface area contributed by atoms with Crippen LogP contribution in [0, 0.1) is 0 Å². The van der Waals surface area contributed by atoms with Gasteiger partial charge in [-0.05, 0) is 69.3 Å². The number of aromatic nitrogens is 5. The molecule has 15 rings (SSSR count). The van der Waals surface area contributed by atoms with Gasteiger partial charge in [0.1, 0.15) is 0 Å². The molecule has 70 heavy (non-hydrogen) atoms. The maximum atomic E-state index is 5.57. The Kier molecular flexibility index (Phi) is 8.32. The third-order valence-electron chi connectivity index (χ3n) is 15.0. The van der Waals surface area contributed by atoms with Gasteiger partial charge in [0.25, 0.3) is 0 Å². The minimum atomic E-state index is -2.92. The van der Waals surface area contributed by atoms with E-state index < -0.39 is 8.07 Å². The normalized spacial score (nSPS) is 14.3. The van der Waals surface area contributed by atoms with Gasteiger partial charge in [0.15, 0.2) is 8.07 Å². The number of nitrogens with zero attached hydrogens (tertiary/aromatic N) is 5. The molecule has 0 fully saturated rings. The van der Waals surface area contributed by atoms with Crippen LogP contribution in [0.2, 0.25) is 0 Å². The zero-order valence-electron chi connectivity index (χ0n) is 37.9. The zero-order valence-corrected chi connectivity index (χ0v) is 38.9. The molecule has 0 amide bonds. The lowest BCUT2D eigenvalue weighted by Crippen LogP contribution is -2.76. The van der Waals surface area contributed by atoms with E-state index in [-0.39, 0.29) is 0 Å². The summed E-state index contributed by atoms with van der Waals surface area (Å²) in [7, 11) is -2.92. The molecule has 326 valence electrons. The zero-order chi connectivity index (χ0) is 45.9. The Morgan fingerprint density at radius 1 is 0.300 bits per heavy atom. The van der Waals surface area contributed by atoms with Gasteiger partial charge < -0.3 is 9.13 Å². The summed E-state index contributed by atoms with van der Waals surface area (Å²) in [5.41, 5.74) is 13.0. The van der Waals surface area contributed by atoms with Crippen LogP contribution >= 0.6 is 0 Å². The Bertz CT molecular complexity index is 4320. The number of hydrogen-bond acceptors (Lipinski definition) is 2. The average Bonchev–Trinajstić information content (AvgIpc) is 4.08. The lowest BCUT2D eigenvalue weighted by molar-refractivity contribution is 0.994. The van der Waals surface area contributed by atoms with Crippen LogP contribution in [0.4, 0.5) is 0 Å². The van der Waals surface area contributed by atoms with Crippen LogP contribution in [0.5, 0.6) is 0 Å². The van der Waals surface area contributed by atoms with E-state index in [2.05, 4.69) is 262 Å². The van der Waals surface area contributed by atoms with Crippen molar-refractivity contribution in [3.8, 4) is 39.8 Å². The molecule has 14 aromatic rings. The van der Waals surface area contributed by atoms with Crippen LogP contribution < -0.4 is 20.7 Å². The highest BCUT2D eigenvalue weighted by Gasteiger charge is 2.47. The van der Waals surface area contributed by atoms with Crippen LogP contribution in [-0.4, -0.2) is 31.7 Å². The summed E-state index contributed by atoms with van der Waals surface area (Å²) in [6, 6.07) is 91.2. The van der Waals surface area contributed by atoms with E-state index in [0.29, 0.717) is 5.95 Å². The van der Waals surface area contributed by atoms with Gasteiger partial charge in [-0.15, -0.1) is 0 Å². The molecule has 1 atom stereocenters. The first-order chi connectivity index (χ1) is 34.8. The Labute approximate surface area is 404 Å².